The molecule has 22 nitrogen and oxygen atoms in total. The normalized spacial score (nSPS) is 22.0. The summed E-state index contributed by atoms with van der Waals surface area (Å²) in [7, 11) is 1.85. The molecule has 2 unspecified atom stereocenters. The van der Waals surface area contributed by atoms with Crippen molar-refractivity contribution < 1.29 is 67.8 Å². The number of phenols is 1. The number of aromatic nitrogens is 2. The lowest BCUT2D eigenvalue weighted by Gasteiger charge is -2.45. The van der Waals surface area contributed by atoms with Crippen LogP contribution in [-0.4, -0.2) is 180 Å². The predicted octanol–water partition coefficient (Wildman–Crippen LogP) is 7.08. The molecule has 5 aromatic rings. The zero-order chi connectivity index (χ0) is 63.3. The number of ether oxygens (including phenoxy) is 5. The summed E-state index contributed by atoms with van der Waals surface area (Å²) >= 11 is 0. The standard InChI is InChI=1S/C36H45N5O7.C31H39N3O7/c1-36(2,3)48-35(45)40-19-26-16-30(47-22-27-14-15-38-39(27)4)13-12-25(26)17-31(40)32(42)18-37-33(43)23-8-10-24(11-9-23)34(44)41-28-6-5-7-29(41)21-46-20-28;1-31(2,3)41-30(39)33-16-22-13-25(35)12-11-21(22)14-26(33)27(36)15-32-28(37)19-7-9-20(10-8-19)29(38)34-23-5-4-6-24(34)18-40-17-23/h8-16,28-29,31-32,42H,5-7,17-22H2,1-4H3,(H,37,43);7-13,23-24,26-27,35-36H,4-6,14-18H2,1-3H3,(H,32,37)/t28-,29+,31-,32+;23?,24?,26-,27+/m00/s1. The number of aromatic hydroxyl groups is 1. The fraction of sp³-hybridized carbons (Fsp3) is 0.507. The second kappa shape index (κ2) is 27.4. The number of nitrogens with one attached hydrogen (secondary N) is 2. The van der Waals surface area contributed by atoms with Gasteiger partial charge in [-0.3, -0.25) is 33.7 Å². The van der Waals surface area contributed by atoms with Gasteiger partial charge in [0.05, 0.1) is 80.6 Å². The fourth-order valence-corrected chi connectivity index (χ4v) is 12.7. The molecule has 5 N–H and O–H groups in total. The molecule has 89 heavy (non-hydrogen) atoms. The molecule has 7 heterocycles. The summed E-state index contributed by atoms with van der Waals surface area (Å²) in [6.07, 6.45) is 5.09. The highest BCUT2D eigenvalue weighted by atomic mass is 16.6. The molecule has 6 amide bonds. The SMILES string of the molecule is CC(C)(C)OC(=O)N1Cc2cc(O)ccc2C[C@H]1[C@H](O)CNC(=O)c1ccc(C(=O)N2C3CCCC2COC3)cc1.Cn1nccc1COc1ccc2c(c1)CN(C(=O)OC(C)(C)C)[C@H]([C@H](O)CNC(=O)c1ccc(C(=O)N3[C@@H]4CCC[C@H]3COC4)cc1)C2. The van der Waals surface area contributed by atoms with E-state index in [0.29, 0.717) is 73.9 Å². The highest BCUT2D eigenvalue weighted by Crippen LogP contribution is 2.34. The van der Waals surface area contributed by atoms with Gasteiger partial charge in [-0.25, -0.2) is 9.59 Å². The number of nitrogens with zero attached hydrogens (tertiary/aromatic N) is 6. The fourth-order valence-electron chi connectivity index (χ4n) is 12.7. The van der Waals surface area contributed by atoms with Crippen LogP contribution in [0.3, 0.4) is 0 Å². The minimum Gasteiger partial charge on any atom is -0.508 e. The molecule has 4 aromatic carbocycles. The summed E-state index contributed by atoms with van der Waals surface area (Å²) in [6, 6.07) is 24.8. The Kier molecular flexibility index (Phi) is 19.7. The van der Waals surface area contributed by atoms with Crippen molar-refractivity contribution in [3.05, 3.63) is 147 Å². The third-order valence-corrected chi connectivity index (χ3v) is 17.3. The van der Waals surface area contributed by atoms with Crippen LogP contribution in [0.25, 0.3) is 0 Å². The van der Waals surface area contributed by atoms with Gasteiger partial charge in [0, 0.05) is 61.7 Å². The molecule has 4 bridgehead atoms. The number of piperidine rings is 2. The average Bonchev–Trinajstić information content (AvgIpc) is 1.22. The van der Waals surface area contributed by atoms with Crippen molar-refractivity contribution >= 4 is 35.8 Å². The number of carbonyl (C=O) groups excluding carboxylic acids is 6. The van der Waals surface area contributed by atoms with Gasteiger partial charge in [0.25, 0.3) is 23.6 Å². The second-order valence-electron chi connectivity index (χ2n) is 26.1. The highest BCUT2D eigenvalue weighted by molar-refractivity contribution is 5.99. The number of carbonyl (C=O) groups is 6. The van der Waals surface area contributed by atoms with E-state index in [-0.39, 0.29) is 73.8 Å². The van der Waals surface area contributed by atoms with Crippen molar-refractivity contribution in [3.8, 4) is 11.5 Å². The highest BCUT2D eigenvalue weighted by Gasteiger charge is 2.42. The number of benzene rings is 4. The lowest BCUT2D eigenvalue weighted by molar-refractivity contribution is -0.0566. The van der Waals surface area contributed by atoms with E-state index in [1.807, 2.05) is 41.1 Å². The molecule has 4 saturated heterocycles. The summed E-state index contributed by atoms with van der Waals surface area (Å²) in [6.45, 7) is 13.5. The van der Waals surface area contributed by atoms with Crippen molar-refractivity contribution in [3.63, 3.8) is 0 Å². The minimum atomic E-state index is -1.07. The van der Waals surface area contributed by atoms with E-state index in [9.17, 15) is 44.1 Å². The first kappa shape index (κ1) is 64.0. The third kappa shape index (κ3) is 15.5. The van der Waals surface area contributed by atoms with E-state index in [1.165, 1.54) is 9.80 Å². The topological polar surface area (TPSA) is 264 Å². The Bertz CT molecular complexity index is 3320. The first-order valence-corrected chi connectivity index (χ1v) is 30.9. The Hall–Kier alpha value is -8.05. The van der Waals surface area contributed by atoms with Gasteiger partial charge in [-0.15, -0.1) is 0 Å². The number of phenolic OH excluding ortho intramolecular Hbond substituents is 1. The van der Waals surface area contributed by atoms with Crippen LogP contribution in [0.1, 0.15) is 149 Å². The third-order valence-electron chi connectivity index (χ3n) is 17.3. The van der Waals surface area contributed by atoms with Gasteiger partial charge in [0.1, 0.15) is 29.3 Å². The largest absolute Gasteiger partial charge is 0.508 e. The Morgan fingerprint density at radius 2 is 0.989 bits per heavy atom. The van der Waals surface area contributed by atoms with E-state index in [2.05, 4.69) is 15.7 Å². The summed E-state index contributed by atoms with van der Waals surface area (Å²) in [4.78, 5) is 86.0. The first-order valence-electron chi connectivity index (χ1n) is 30.9. The quantitative estimate of drug-likeness (QED) is 0.0788. The Labute approximate surface area is 519 Å². The van der Waals surface area contributed by atoms with E-state index >= 15 is 0 Å². The van der Waals surface area contributed by atoms with Crippen LogP contribution in [0, 0.1) is 0 Å². The summed E-state index contributed by atoms with van der Waals surface area (Å²) in [5, 5.41) is 42.2. The lowest BCUT2D eigenvalue weighted by Crippen LogP contribution is -2.57. The number of aliphatic hydroxyl groups is 2. The number of rotatable bonds is 13. The van der Waals surface area contributed by atoms with Gasteiger partial charge in [0.2, 0.25) is 0 Å². The summed E-state index contributed by atoms with van der Waals surface area (Å²) in [5.74, 6) is -0.103. The number of aliphatic hydroxyl groups excluding tert-OH is 2. The molecule has 1 aromatic heterocycles. The molecule has 6 aliphatic heterocycles. The molecule has 8 atom stereocenters. The first-order chi connectivity index (χ1) is 42.5. The molecular formula is C67H84N8O14. The van der Waals surface area contributed by atoms with Gasteiger partial charge in [-0.2, -0.15) is 5.10 Å². The van der Waals surface area contributed by atoms with E-state index < -0.39 is 53.6 Å². The molecule has 0 radical (unpaired) electrons. The average molecular weight is 1230 g/mol. The van der Waals surface area contributed by atoms with Crippen molar-refractivity contribution in [1.82, 2.24) is 40.0 Å². The summed E-state index contributed by atoms with van der Waals surface area (Å²) < 4.78 is 30.4. The number of aryl methyl sites for hydroxylation is 1. The molecule has 0 spiro atoms. The maximum Gasteiger partial charge on any atom is 0.410 e. The molecule has 0 saturated carbocycles. The predicted molar refractivity (Wildman–Crippen MR) is 327 cm³/mol. The Balaban J connectivity index is 0.000000199. The van der Waals surface area contributed by atoms with Gasteiger partial charge in [0.15, 0.2) is 0 Å². The van der Waals surface area contributed by atoms with Gasteiger partial charge < -0.3 is 59.4 Å². The zero-order valence-corrected chi connectivity index (χ0v) is 51.9. The Morgan fingerprint density at radius 1 is 0.573 bits per heavy atom. The molecule has 6 aliphatic rings. The van der Waals surface area contributed by atoms with Crippen LogP contribution in [0.15, 0.2) is 97.2 Å². The van der Waals surface area contributed by atoms with Crippen molar-refractivity contribution in [1.29, 1.82) is 0 Å². The zero-order valence-electron chi connectivity index (χ0n) is 51.9. The molecule has 11 rings (SSSR count). The summed E-state index contributed by atoms with van der Waals surface area (Å²) in [5.41, 5.74) is 4.81. The van der Waals surface area contributed by atoms with Crippen LogP contribution < -0.4 is 15.4 Å². The van der Waals surface area contributed by atoms with Crippen molar-refractivity contribution in [2.75, 3.05) is 39.5 Å². The Morgan fingerprint density at radius 3 is 1.40 bits per heavy atom. The molecule has 22 heteroatoms. The van der Waals surface area contributed by atoms with Gasteiger partial charge in [-0.05, 0) is 194 Å². The number of morpholine rings is 2. The maximum absolute atomic E-state index is 13.4. The van der Waals surface area contributed by atoms with Crippen molar-refractivity contribution in [2.45, 2.75) is 172 Å². The van der Waals surface area contributed by atoms with E-state index in [1.54, 1.807) is 119 Å². The molecule has 0 aliphatic carbocycles. The van der Waals surface area contributed by atoms with E-state index in [0.717, 1.165) is 66.5 Å². The number of hydrogen-bond donors (Lipinski definition) is 5. The smallest absolute Gasteiger partial charge is 0.410 e. The van der Waals surface area contributed by atoms with Crippen molar-refractivity contribution in [2.24, 2.45) is 7.05 Å². The molecular weight excluding hydrogens is 1140 g/mol. The monoisotopic (exact) mass is 1220 g/mol. The van der Waals surface area contributed by atoms with Crippen LogP contribution in [0.4, 0.5) is 9.59 Å². The van der Waals surface area contributed by atoms with Crippen LogP contribution in [0.5, 0.6) is 11.5 Å². The minimum absolute atomic E-state index is 0.0395. The van der Waals surface area contributed by atoms with Crippen LogP contribution in [0.2, 0.25) is 0 Å². The number of hydrogen-bond acceptors (Lipinski definition) is 15. The number of amides is 6. The van der Waals surface area contributed by atoms with Gasteiger partial charge >= 0.3 is 12.2 Å². The van der Waals surface area contributed by atoms with Crippen LogP contribution >= 0.6 is 0 Å². The molecule has 4 fully saturated rings. The molecule has 476 valence electrons. The number of fused-ring (bicyclic) bond motifs is 6. The lowest BCUT2D eigenvalue weighted by atomic mass is 9.91. The van der Waals surface area contributed by atoms with Gasteiger partial charge in [-0.1, -0.05) is 12.1 Å². The maximum atomic E-state index is 13.4. The second-order valence-corrected chi connectivity index (χ2v) is 26.1. The van der Waals surface area contributed by atoms with E-state index in [4.69, 9.17) is 23.7 Å². The van der Waals surface area contributed by atoms with Crippen LogP contribution in [-0.2, 0) is 58.5 Å².